The van der Waals surface area contributed by atoms with Gasteiger partial charge in [0.1, 0.15) is 0 Å². The predicted molar refractivity (Wildman–Crippen MR) is 158 cm³/mol. The van der Waals surface area contributed by atoms with Crippen molar-refractivity contribution in [2.45, 2.75) is 99.3 Å². The highest BCUT2D eigenvalue weighted by molar-refractivity contribution is 5.58. The van der Waals surface area contributed by atoms with Crippen LogP contribution in [0, 0.1) is 17.8 Å². The number of nitrogen functional groups attached to an aromatic ring is 1. The van der Waals surface area contributed by atoms with Crippen molar-refractivity contribution in [3.05, 3.63) is 87.1 Å². The van der Waals surface area contributed by atoms with E-state index in [0.717, 1.165) is 30.6 Å². The van der Waals surface area contributed by atoms with Crippen LogP contribution in [-0.4, -0.2) is 0 Å². The third-order valence-electron chi connectivity index (χ3n) is 8.89. The smallest absolute Gasteiger partial charge is 0.0379 e. The first kappa shape index (κ1) is 28.1. The Balaban J connectivity index is 2.07. The molecule has 0 bridgehead atoms. The fourth-order valence-electron chi connectivity index (χ4n) is 5.83. The van der Waals surface area contributed by atoms with Crippen molar-refractivity contribution in [3.8, 4) is 0 Å². The largest absolute Gasteiger partial charge is 0.399 e. The molecule has 0 aliphatic heterocycles. The minimum atomic E-state index is -0.119. The molecular formula is C34H50N2. The zero-order chi connectivity index (χ0) is 27.0. The molecule has 1 aliphatic rings. The van der Waals surface area contributed by atoms with Crippen LogP contribution in [-0.2, 0) is 23.7 Å². The maximum Gasteiger partial charge on any atom is 0.0379 e. The van der Waals surface area contributed by atoms with Gasteiger partial charge in [0.05, 0.1) is 0 Å². The molecule has 0 radical (unpaired) electrons. The summed E-state index contributed by atoms with van der Waals surface area (Å²) in [7, 11) is 0. The molecule has 1 atom stereocenters. The Bertz CT molecular complexity index is 1130. The molecule has 0 spiro atoms. The number of nitrogens with two attached hydrogens (primary N) is 2. The van der Waals surface area contributed by atoms with Gasteiger partial charge in [0.2, 0.25) is 0 Å². The van der Waals surface area contributed by atoms with E-state index in [1.165, 1.54) is 39.0 Å². The Kier molecular flexibility index (Phi) is 8.18. The van der Waals surface area contributed by atoms with Gasteiger partial charge in [-0.3, -0.25) is 0 Å². The summed E-state index contributed by atoms with van der Waals surface area (Å²) in [6, 6.07) is 14.0. The molecule has 1 unspecified atom stereocenters. The number of hydrogen-bond acceptors (Lipinski definition) is 2. The molecular weight excluding hydrogens is 436 g/mol. The van der Waals surface area contributed by atoms with Gasteiger partial charge in [0.15, 0.2) is 0 Å². The van der Waals surface area contributed by atoms with Crippen LogP contribution in [0.25, 0.3) is 0 Å². The first-order chi connectivity index (χ1) is 16.7. The van der Waals surface area contributed by atoms with Crippen LogP contribution < -0.4 is 11.5 Å². The van der Waals surface area contributed by atoms with Gasteiger partial charge in [0, 0.05) is 16.8 Å². The van der Waals surface area contributed by atoms with Gasteiger partial charge < -0.3 is 11.5 Å². The molecule has 36 heavy (non-hydrogen) atoms. The Morgan fingerprint density at radius 1 is 0.806 bits per heavy atom. The van der Waals surface area contributed by atoms with Crippen LogP contribution in [0.5, 0.6) is 0 Å². The van der Waals surface area contributed by atoms with Gasteiger partial charge >= 0.3 is 0 Å². The van der Waals surface area contributed by atoms with Crippen molar-refractivity contribution in [1.29, 1.82) is 0 Å². The lowest BCUT2D eigenvalue weighted by atomic mass is 9.65. The minimum absolute atomic E-state index is 0.0165. The summed E-state index contributed by atoms with van der Waals surface area (Å²) >= 11 is 0. The van der Waals surface area contributed by atoms with Crippen LogP contribution >= 0.6 is 0 Å². The predicted octanol–water partition coefficient (Wildman–Crippen LogP) is 8.47. The molecule has 2 aromatic carbocycles. The first-order valence-corrected chi connectivity index (χ1v) is 14.0. The van der Waals surface area contributed by atoms with E-state index < -0.39 is 0 Å². The fourth-order valence-corrected chi connectivity index (χ4v) is 5.83. The Labute approximate surface area is 221 Å². The van der Waals surface area contributed by atoms with E-state index >= 15 is 0 Å². The van der Waals surface area contributed by atoms with Crippen molar-refractivity contribution in [2.75, 3.05) is 5.73 Å². The SMILES string of the molecule is CCc1cc(C(C)(C)c2cccc(C(C)(C)C3C=C(C(C)C)C(N)=C(C(C)C)C3)c2)cc(CC)c1N. The van der Waals surface area contributed by atoms with Gasteiger partial charge in [-0.1, -0.05) is 112 Å². The summed E-state index contributed by atoms with van der Waals surface area (Å²) < 4.78 is 0. The topological polar surface area (TPSA) is 52.0 Å². The maximum atomic E-state index is 6.68. The third kappa shape index (κ3) is 5.15. The highest BCUT2D eigenvalue weighted by atomic mass is 14.6. The average molecular weight is 487 g/mol. The van der Waals surface area contributed by atoms with E-state index in [0.29, 0.717) is 17.8 Å². The molecule has 1 aliphatic carbocycles. The molecule has 0 amide bonds. The van der Waals surface area contributed by atoms with Crippen molar-refractivity contribution >= 4 is 5.69 Å². The molecule has 0 saturated carbocycles. The van der Waals surface area contributed by atoms with Crippen LogP contribution in [0.1, 0.15) is 103 Å². The summed E-state index contributed by atoms with van der Waals surface area (Å²) in [5.74, 6) is 1.29. The normalized spacial score (nSPS) is 17.2. The second-order valence-corrected chi connectivity index (χ2v) is 12.5. The number of hydrogen-bond donors (Lipinski definition) is 2. The quantitative estimate of drug-likeness (QED) is 0.368. The van der Waals surface area contributed by atoms with E-state index in [4.69, 9.17) is 11.5 Å². The summed E-state index contributed by atoms with van der Waals surface area (Å²) in [6.07, 6.45) is 5.41. The van der Waals surface area contributed by atoms with Crippen molar-refractivity contribution in [1.82, 2.24) is 0 Å². The summed E-state index contributed by atoms with van der Waals surface area (Å²) in [4.78, 5) is 0. The number of rotatable bonds is 8. The molecule has 0 fully saturated rings. The number of benzene rings is 2. The lowest BCUT2D eigenvalue weighted by Crippen LogP contribution is -2.33. The number of allylic oxidation sites excluding steroid dienone is 3. The standard InChI is InChI=1S/C34H50N2/c1-11-23-16-27(17-24(12-2)31(23)35)33(7,8)25-14-13-15-26(18-25)34(9,10)28-19-29(21(3)4)32(36)30(20-28)22(5)6/h13-19,21-22,28H,11-12,20,35-36H2,1-10H3. The van der Waals surface area contributed by atoms with E-state index in [9.17, 15) is 0 Å². The van der Waals surface area contributed by atoms with E-state index in [1.54, 1.807) is 0 Å². The second kappa shape index (κ2) is 10.5. The minimum Gasteiger partial charge on any atom is -0.399 e. The highest BCUT2D eigenvalue weighted by Crippen LogP contribution is 2.45. The van der Waals surface area contributed by atoms with Crippen molar-refractivity contribution in [2.24, 2.45) is 23.5 Å². The van der Waals surface area contributed by atoms with E-state index in [1.807, 2.05) is 0 Å². The lowest BCUT2D eigenvalue weighted by Gasteiger charge is -2.39. The molecule has 2 nitrogen and oxygen atoms in total. The lowest BCUT2D eigenvalue weighted by molar-refractivity contribution is 0.360. The molecule has 3 rings (SSSR count). The van der Waals surface area contributed by atoms with Crippen LogP contribution in [0.2, 0.25) is 0 Å². The fraction of sp³-hybridized carbons (Fsp3) is 0.529. The van der Waals surface area contributed by atoms with Crippen LogP contribution in [0.3, 0.4) is 0 Å². The Morgan fingerprint density at radius 2 is 1.36 bits per heavy atom. The zero-order valence-electron chi connectivity index (χ0n) is 24.5. The average Bonchev–Trinajstić information content (AvgIpc) is 2.83. The van der Waals surface area contributed by atoms with Crippen LogP contribution in [0.4, 0.5) is 5.69 Å². The molecule has 4 N–H and O–H groups in total. The van der Waals surface area contributed by atoms with Gasteiger partial charge in [-0.15, -0.1) is 0 Å². The molecule has 196 valence electrons. The molecule has 0 aromatic heterocycles. The van der Waals surface area contributed by atoms with Gasteiger partial charge in [-0.05, 0) is 81.4 Å². The summed E-state index contributed by atoms with van der Waals surface area (Å²) in [6.45, 7) is 23.0. The molecule has 2 heteroatoms. The van der Waals surface area contributed by atoms with Crippen LogP contribution in [0.15, 0.2) is 59.3 Å². The second-order valence-electron chi connectivity index (χ2n) is 12.5. The Morgan fingerprint density at radius 3 is 1.86 bits per heavy atom. The van der Waals surface area contributed by atoms with Crippen molar-refractivity contribution < 1.29 is 0 Å². The van der Waals surface area contributed by atoms with Gasteiger partial charge in [-0.25, -0.2) is 0 Å². The van der Waals surface area contributed by atoms with E-state index in [-0.39, 0.29) is 10.8 Å². The first-order valence-electron chi connectivity index (χ1n) is 14.0. The van der Waals surface area contributed by atoms with Crippen molar-refractivity contribution in [3.63, 3.8) is 0 Å². The van der Waals surface area contributed by atoms with Gasteiger partial charge in [-0.2, -0.15) is 0 Å². The zero-order valence-corrected chi connectivity index (χ0v) is 24.5. The number of anilines is 1. The maximum absolute atomic E-state index is 6.68. The third-order valence-corrected chi connectivity index (χ3v) is 8.89. The highest BCUT2D eigenvalue weighted by Gasteiger charge is 2.36. The molecule has 2 aromatic rings. The van der Waals surface area contributed by atoms with E-state index in [2.05, 4.69) is 112 Å². The van der Waals surface area contributed by atoms with Gasteiger partial charge in [0.25, 0.3) is 0 Å². The molecule has 0 saturated heterocycles. The monoisotopic (exact) mass is 486 g/mol. The molecule has 0 heterocycles. The Hall–Kier alpha value is -2.48. The number of aryl methyl sites for hydroxylation is 2. The summed E-state index contributed by atoms with van der Waals surface area (Å²) in [5.41, 5.74) is 24.3. The summed E-state index contributed by atoms with van der Waals surface area (Å²) in [5, 5.41) is 0.